The lowest BCUT2D eigenvalue weighted by molar-refractivity contribution is 0.300. The molecule has 0 unspecified atom stereocenters. The highest BCUT2D eigenvalue weighted by molar-refractivity contribution is 5.57. The van der Waals surface area contributed by atoms with Crippen molar-refractivity contribution in [3.63, 3.8) is 0 Å². The van der Waals surface area contributed by atoms with E-state index in [4.69, 9.17) is 0 Å². The van der Waals surface area contributed by atoms with Gasteiger partial charge in [0.05, 0.1) is 0 Å². The van der Waals surface area contributed by atoms with Crippen LogP contribution in [0.4, 0.5) is 11.6 Å². The number of nitrogens with one attached hydrogen (secondary N) is 2. The Morgan fingerprint density at radius 2 is 1.67 bits per heavy atom. The molecule has 5 nitrogen and oxygen atoms in total. The second-order valence-electron chi connectivity index (χ2n) is 5.19. The van der Waals surface area contributed by atoms with Crippen molar-refractivity contribution >= 4 is 11.6 Å². The highest BCUT2D eigenvalue weighted by atomic mass is 15.1. The zero-order valence-corrected chi connectivity index (χ0v) is 14.1. The standard InChI is InChI=1S/C16H31N5/c1-5-9-14-15(17-7-3)19-13-20-16(14)18-10-12-21(8-4)11-6-2/h13H,5-12H2,1-4H3,(H2,17,18,19,20). The summed E-state index contributed by atoms with van der Waals surface area (Å²) in [7, 11) is 0. The summed E-state index contributed by atoms with van der Waals surface area (Å²) >= 11 is 0. The normalized spacial score (nSPS) is 10.9. The average molecular weight is 293 g/mol. The summed E-state index contributed by atoms with van der Waals surface area (Å²) in [5.74, 6) is 1.95. The van der Waals surface area contributed by atoms with Crippen LogP contribution in [0.2, 0.25) is 0 Å². The largest absolute Gasteiger partial charge is 0.370 e. The number of aromatic nitrogens is 2. The summed E-state index contributed by atoms with van der Waals surface area (Å²) in [5.41, 5.74) is 1.21. The van der Waals surface area contributed by atoms with Gasteiger partial charge in [0.15, 0.2) is 0 Å². The van der Waals surface area contributed by atoms with Gasteiger partial charge in [-0.05, 0) is 32.9 Å². The molecule has 1 heterocycles. The van der Waals surface area contributed by atoms with E-state index in [1.165, 1.54) is 12.0 Å². The molecule has 2 N–H and O–H groups in total. The first-order valence-electron chi connectivity index (χ1n) is 8.30. The van der Waals surface area contributed by atoms with Gasteiger partial charge in [-0.1, -0.05) is 27.2 Å². The van der Waals surface area contributed by atoms with Crippen LogP contribution in [0.1, 0.15) is 46.1 Å². The summed E-state index contributed by atoms with van der Waals surface area (Å²) in [5, 5.41) is 6.82. The Kier molecular flexibility index (Phi) is 8.74. The summed E-state index contributed by atoms with van der Waals surface area (Å²) < 4.78 is 0. The first-order chi connectivity index (χ1) is 10.3. The van der Waals surface area contributed by atoms with Crippen LogP contribution in [0, 0.1) is 0 Å². The molecule has 0 aromatic carbocycles. The van der Waals surface area contributed by atoms with Crippen molar-refractivity contribution in [2.75, 3.05) is 43.4 Å². The van der Waals surface area contributed by atoms with Gasteiger partial charge in [-0.15, -0.1) is 0 Å². The lowest BCUT2D eigenvalue weighted by Gasteiger charge is -2.20. The van der Waals surface area contributed by atoms with Crippen molar-refractivity contribution in [1.82, 2.24) is 14.9 Å². The minimum absolute atomic E-state index is 0.882. The minimum Gasteiger partial charge on any atom is -0.370 e. The second kappa shape index (κ2) is 10.4. The Labute approximate surface area is 129 Å². The van der Waals surface area contributed by atoms with Gasteiger partial charge < -0.3 is 15.5 Å². The van der Waals surface area contributed by atoms with E-state index < -0.39 is 0 Å². The predicted octanol–water partition coefficient (Wildman–Crippen LogP) is 3.00. The molecule has 0 saturated carbocycles. The number of hydrogen-bond acceptors (Lipinski definition) is 5. The molecular formula is C16H31N5. The Balaban J connectivity index is 2.66. The van der Waals surface area contributed by atoms with E-state index in [2.05, 4.69) is 53.2 Å². The molecule has 0 amide bonds. The van der Waals surface area contributed by atoms with Crippen LogP contribution in [0.3, 0.4) is 0 Å². The number of rotatable bonds is 11. The van der Waals surface area contributed by atoms with Crippen molar-refractivity contribution in [2.24, 2.45) is 0 Å². The molecule has 0 fully saturated rings. The molecule has 0 radical (unpaired) electrons. The molecule has 1 aromatic heterocycles. The zero-order chi connectivity index (χ0) is 15.5. The maximum atomic E-state index is 4.43. The molecule has 21 heavy (non-hydrogen) atoms. The van der Waals surface area contributed by atoms with Gasteiger partial charge in [0.25, 0.3) is 0 Å². The van der Waals surface area contributed by atoms with E-state index in [0.29, 0.717) is 0 Å². The van der Waals surface area contributed by atoms with Gasteiger partial charge in [0.1, 0.15) is 18.0 Å². The van der Waals surface area contributed by atoms with Crippen molar-refractivity contribution in [3.05, 3.63) is 11.9 Å². The van der Waals surface area contributed by atoms with E-state index in [9.17, 15) is 0 Å². The van der Waals surface area contributed by atoms with Gasteiger partial charge in [-0.3, -0.25) is 0 Å². The molecule has 120 valence electrons. The Morgan fingerprint density at radius 1 is 0.952 bits per heavy atom. The van der Waals surface area contributed by atoms with Gasteiger partial charge in [-0.2, -0.15) is 0 Å². The van der Waals surface area contributed by atoms with Crippen LogP contribution in [0.5, 0.6) is 0 Å². The molecule has 5 heteroatoms. The monoisotopic (exact) mass is 293 g/mol. The first-order valence-corrected chi connectivity index (χ1v) is 8.30. The molecule has 1 aromatic rings. The van der Waals surface area contributed by atoms with Crippen molar-refractivity contribution in [2.45, 2.75) is 47.0 Å². The zero-order valence-electron chi connectivity index (χ0n) is 14.1. The number of nitrogens with zero attached hydrogens (tertiary/aromatic N) is 3. The van der Waals surface area contributed by atoms with Gasteiger partial charge in [-0.25, -0.2) is 9.97 Å². The fourth-order valence-corrected chi connectivity index (χ4v) is 2.45. The number of hydrogen-bond donors (Lipinski definition) is 2. The van der Waals surface area contributed by atoms with E-state index >= 15 is 0 Å². The third-order valence-corrected chi connectivity index (χ3v) is 3.50. The van der Waals surface area contributed by atoms with Crippen LogP contribution >= 0.6 is 0 Å². The molecule has 0 aliphatic heterocycles. The van der Waals surface area contributed by atoms with Crippen LogP contribution in [-0.2, 0) is 6.42 Å². The van der Waals surface area contributed by atoms with Gasteiger partial charge >= 0.3 is 0 Å². The van der Waals surface area contributed by atoms with Crippen LogP contribution < -0.4 is 10.6 Å². The molecule has 0 aliphatic rings. The predicted molar refractivity (Wildman–Crippen MR) is 91.1 cm³/mol. The third-order valence-electron chi connectivity index (χ3n) is 3.50. The van der Waals surface area contributed by atoms with Crippen LogP contribution in [0.25, 0.3) is 0 Å². The molecular weight excluding hydrogens is 262 g/mol. The summed E-state index contributed by atoms with van der Waals surface area (Å²) in [6.45, 7) is 13.8. The Bertz CT molecular complexity index is 394. The SMILES string of the molecule is CCCc1c(NCC)ncnc1NCCN(CC)CCC. The molecule has 0 spiro atoms. The fourth-order valence-electron chi connectivity index (χ4n) is 2.45. The van der Waals surface area contributed by atoms with Crippen molar-refractivity contribution in [1.29, 1.82) is 0 Å². The quantitative estimate of drug-likeness (QED) is 0.657. The van der Waals surface area contributed by atoms with Gasteiger partial charge in [0, 0.05) is 25.2 Å². The Morgan fingerprint density at radius 3 is 2.24 bits per heavy atom. The van der Waals surface area contributed by atoms with Crippen LogP contribution in [-0.4, -0.2) is 47.6 Å². The number of likely N-dealkylation sites (N-methyl/N-ethyl adjacent to an activating group) is 1. The molecule has 0 saturated heterocycles. The molecule has 0 bridgehead atoms. The van der Waals surface area contributed by atoms with Crippen molar-refractivity contribution in [3.8, 4) is 0 Å². The molecule has 1 rings (SSSR count). The van der Waals surface area contributed by atoms with E-state index in [1.807, 2.05) is 0 Å². The maximum Gasteiger partial charge on any atom is 0.134 e. The van der Waals surface area contributed by atoms with Crippen molar-refractivity contribution < 1.29 is 0 Å². The average Bonchev–Trinajstić information content (AvgIpc) is 2.49. The minimum atomic E-state index is 0.882. The van der Waals surface area contributed by atoms with Crippen LogP contribution in [0.15, 0.2) is 6.33 Å². The van der Waals surface area contributed by atoms with E-state index in [-0.39, 0.29) is 0 Å². The van der Waals surface area contributed by atoms with E-state index in [1.54, 1.807) is 6.33 Å². The topological polar surface area (TPSA) is 53.1 Å². The Hall–Kier alpha value is -1.36. The smallest absolute Gasteiger partial charge is 0.134 e. The summed E-state index contributed by atoms with van der Waals surface area (Å²) in [4.78, 5) is 11.2. The second-order valence-corrected chi connectivity index (χ2v) is 5.19. The highest BCUT2D eigenvalue weighted by Crippen LogP contribution is 2.21. The highest BCUT2D eigenvalue weighted by Gasteiger charge is 2.10. The summed E-state index contributed by atoms with van der Waals surface area (Å²) in [6.07, 6.45) is 4.94. The van der Waals surface area contributed by atoms with E-state index in [0.717, 1.165) is 57.2 Å². The maximum absolute atomic E-state index is 4.43. The first kappa shape index (κ1) is 17.7. The number of anilines is 2. The lowest BCUT2D eigenvalue weighted by atomic mass is 10.1. The molecule has 0 aliphatic carbocycles. The fraction of sp³-hybridized carbons (Fsp3) is 0.750. The summed E-state index contributed by atoms with van der Waals surface area (Å²) in [6, 6.07) is 0. The third kappa shape index (κ3) is 5.87. The lowest BCUT2D eigenvalue weighted by Crippen LogP contribution is -2.30. The van der Waals surface area contributed by atoms with Gasteiger partial charge in [0.2, 0.25) is 0 Å². The molecule has 0 atom stereocenters.